The van der Waals surface area contributed by atoms with E-state index in [1.54, 1.807) is 0 Å². The molecular weight excluding hydrogens is 455 g/mol. The Kier molecular flexibility index (Phi) is 8.72. The van der Waals surface area contributed by atoms with Crippen LogP contribution < -0.4 is 13.6 Å². The number of phosphoric acid groups is 1. The van der Waals surface area contributed by atoms with E-state index in [1.165, 1.54) is 0 Å². The first kappa shape index (κ1) is 26.9. The van der Waals surface area contributed by atoms with Gasteiger partial charge in [0.15, 0.2) is 0 Å². The van der Waals surface area contributed by atoms with Crippen LogP contribution in [-0.4, -0.2) is 0 Å². The molecule has 0 unspecified atom stereocenters. The maximum Gasteiger partial charge on any atom is 0.647 e. The Hall–Kier alpha value is -2.71. The van der Waals surface area contributed by atoms with Crippen molar-refractivity contribution in [1.82, 2.24) is 0 Å². The summed E-state index contributed by atoms with van der Waals surface area (Å²) in [5.74, 6) is 1.61. The molecule has 3 rings (SSSR count). The van der Waals surface area contributed by atoms with Crippen LogP contribution >= 0.6 is 7.82 Å². The quantitative estimate of drug-likeness (QED) is 0.264. The van der Waals surface area contributed by atoms with Crippen LogP contribution in [0, 0.1) is 0 Å². The molecule has 0 saturated carbocycles. The molecule has 0 spiro atoms. The zero-order valence-corrected chi connectivity index (χ0v) is 23.1. The van der Waals surface area contributed by atoms with E-state index in [-0.39, 0.29) is 5.41 Å². The number of aryl methyl sites for hydroxylation is 4. The van der Waals surface area contributed by atoms with Crippen molar-refractivity contribution >= 4 is 7.82 Å². The summed E-state index contributed by atoms with van der Waals surface area (Å²) >= 11 is 0. The third-order valence-electron chi connectivity index (χ3n) is 6.22. The summed E-state index contributed by atoms with van der Waals surface area (Å²) in [6.45, 7) is 14.7. The third kappa shape index (κ3) is 6.49. The van der Waals surface area contributed by atoms with Crippen LogP contribution in [0.25, 0.3) is 0 Å². The summed E-state index contributed by atoms with van der Waals surface area (Å²) in [4.78, 5) is 0. The number of hydrogen-bond acceptors (Lipinski definition) is 4. The Labute approximate surface area is 211 Å². The van der Waals surface area contributed by atoms with Gasteiger partial charge in [0, 0.05) is 0 Å². The summed E-state index contributed by atoms with van der Waals surface area (Å²) in [6.07, 6.45) is 2.98. The second kappa shape index (κ2) is 11.4. The molecule has 5 heteroatoms. The number of rotatable bonds is 10. The summed E-state index contributed by atoms with van der Waals surface area (Å²) in [5, 5.41) is 0. The Bertz CT molecular complexity index is 1070. The van der Waals surface area contributed by atoms with Crippen molar-refractivity contribution in [3.8, 4) is 17.2 Å². The summed E-state index contributed by atoms with van der Waals surface area (Å²) in [5.41, 5.74) is 5.05. The zero-order valence-electron chi connectivity index (χ0n) is 22.2. The third-order valence-corrected chi connectivity index (χ3v) is 7.47. The molecule has 0 saturated heterocycles. The van der Waals surface area contributed by atoms with Crippen molar-refractivity contribution in [3.63, 3.8) is 0 Å². The molecule has 4 nitrogen and oxygen atoms in total. The van der Waals surface area contributed by atoms with E-state index in [1.807, 2.05) is 60.7 Å². The van der Waals surface area contributed by atoms with E-state index in [2.05, 4.69) is 48.5 Å². The van der Waals surface area contributed by atoms with Gasteiger partial charge in [0.2, 0.25) is 0 Å². The van der Waals surface area contributed by atoms with Crippen molar-refractivity contribution < 1.29 is 18.1 Å². The van der Waals surface area contributed by atoms with Crippen molar-refractivity contribution in [2.45, 2.75) is 79.6 Å². The zero-order chi connectivity index (χ0) is 25.6. The van der Waals surface area contributed by atoms with Gasteiger partial charge in [-0.2, -0.15) is 4.57 Å². The molecule has 0 aliphatic carbocycles. The van der Waals surface area contributed by atoms with E-state index in [0.29, 0.717) is 17.2 Å². The smallest absolute Gasteiger partial charge is 0.386 e. The molecule has 0 bridgehead atoms. The molecule has 0 fully saturated rings. The predicted molar refractivity (Wildman–Crippen MR) is 145 cm³/mol. The normalized spacial score (nSPS) is 11.9. The van der Waals surface area contributed by atoms with Gasteiger partial charge >= 0.3 is 7.82 Å². The summed E-state index contributed by atoms with van der Waals surface area (Å²) < 4.78 is 33.0. The molecule has 0 aromatic heterocycles. The largest absolute Gasteiger partial charge is 0.647 e. The minimum Gasteiger partial charge on any atom is -0.386 e. The fraction of sp³-hybridized carbons (Fsp3) is 0.400. The van der Waals surface area contributed by atoms with E-state index in [0.717, 1.165) is 53.5 Å². The molecule has 0 N–H and O–H groups in total. The molecular formula is C30H39O4P. The van der Waals surface area contributed by atoms with Crippen molar-refractivity contribution in [2.24, 2.45) is 0 Å². The molecule has 0 atom stereocenters. The van der Waals surface area contributed by atoms with Gasteiger partial charge in [-0.25, -0.2) is 0 Å². The fourth-order valence-electron chi connectivity index (χ4n) is 4.05. The lowest BCUT2D eigenvalue weighted by atomic mass is 9.87. The van der Waals surface area contributed by atoms with Crippen molar-refractivity contribution in [3.05, 3.63) is 88.5 Å². The molecule has 35 heavy (non-hydrogen) atoms. The lowest BCUT2D eigenvalue weighted by molar-refractivity contribution is 0.294. The Balaban J connectivity index is 2.09. The van der Waals surface area contributed by atoms with Gasteiger partial charge < -0.3 is 13.6 Å². The fourth-order valence-corrected chi connectivity index (χ4v) is 5.46. The first-order chi connectivity index (χ1) is 16.6. The van der Waals surface area contributed by atoms with Crippen LogP contribution in [0.5, 0.6) is 17.2 Å². The second-order valence-corrected chi connectivity index (χ2v) is 11.2. The highest BCUT2D eigenvalue weighted by molar-refractivity contribution is 7.49. The van der Waals surface area contributed by atoms with Gasteiger partial charge in [0.05, 0.1) is 0 Å². The molecule has 0 radical (unpaired) electrons. The molecule has 0 heterocycles. The van der Waals surface area contributed by atoms with Crippen LogP contribution in [0.2, 0.25) is 0 Å². The van der Waals surface area contributed by atoms with Gasteiger partial charge in [-0.1, -0.05) is 97.0 Å². The highest BCUT2D eigenvalue weighted by Gasteiger charge is 2.36. The SMILES string of the molecule is CCc1cccc(CC)c1OP(=O)(Oc1ccc(C(C)(C)C)cc1)Oc1c(CC)cccc1CC. The Morgan fingerprint density at radius 3 is 1.29 bits per heavy atom. The first-order valence-electron chi connectivity index (χ1n) is 12.6. The van der Waals surface area contributed by atoms with Crippen LogP contribution in [-0.2, 0) is 35.7 Å². The Morgan fingerprint density at radius 1 is 0.600 bits per heavy atom. The number of para-hydroxylation sites is 2. The van der Waals surface area contributed by atoms with Gasteiger partial charge in [0.25, 0.3) is 0 Å². The highest BCUT2D eigenvalue weighted by atomic mass is 31.2. The van der Waals surface area contributed by atoms with Crippen LogP contribution in [0.4, 0.5) is 0 Å². The molecule has 0 aliphatic heterocycles. The molecule has 3 aromatic rings. The lowest BCUT2D eigenvalue weighted by Gasteiger charge is -2.25. The second-order valence-electron chi connectivity index (χ2n) is 9.72. The molecule has 3 aromatic carbocycles. The summed E-state index contributed by atoms with van der Waals surface area (Å²) in [6, 6.07) is 19.6. The van der Waals surface area contributed by atoms with Gasteiger partial charge in [-0.3, -0.25) is 0 Å². The van der Waals surface area contributed by atoms with Crippen LogP contribution in [0.1, 0.15) is 76.3 Å². The van der Waals surface area contributed by atoms with Crippen LogP contribution in [0.15, 0.2) is 60.7 Å². The standard InChI is InChI=1S/C30H39O4P/c1-8-22-14-12-15-23(9-2)28(22)33-35(31,32-27-20-18-26(19-21-27)30(5,6)7)34-29-24(10-3)16-13-17-25(29)11-4/h12-21H,8-11H2,1-7H3. The van der Waals surface area contributed by atoms with Crippen molar-refractivity contribution in [2.75, 3.05) is 0 Å². The van der Waals surface area contributed by atoms with Gasteiger partial charge in [0.1, 0.15) is 17.2 Å². The molecule has 0 amide bonds. The van der Waals surface area contributed by atoms with Gasteiger partial charge in [-0.15, -0.1) is 0 Å². The van der Waals surface area contributed by atoms with E-state index >= 15 is 0 Å². The van der Waals surface area contributed by atoms with E-state index in [4.69, 9.17) is 13.6 Å². The Morgan fingerprint density at radius 2 is 0.971 bits per heavy atom. The van der Waals surface area contributed by atoms with E-state index in [9.17, 15) is 4.57 Å². The topological polar surface area (TPSA) is 44.8 Å². The predicted octanol–water partition coefficient (Wildman–Crippen LogP) is 8.88. The number of hydrogen-bond donors (Lipinski definition) is 0. The first-order valence-corrected chi connectivity index (χ1v) is 14.1. The maximum absolute atomic E-state index is 14.4. The summed E-state index contributed by atoms with van der Waals surface area (Å²) in [7, 11) is -4.10. The molecule has 188 valence electrons. The minimum absolute atomic E-state index is 0.00140. The van der Waals surface area contributed by atoms with E-state index < -0.39 is 7.82 Å². The molecule has 0 aliphatic rings. The lowest BCUT2D eigenvalue weighted by Crippen LogP contribution is -2.12. The van der Waals surface area contributed by atoms with Crippen molar-refractivity contribution in [1.29, 1.82) is 0 Å². The average Bonchev–Trinajstić information content (AvgIpc) is 2.83. The monoisotopic (exact) mass is 494 g/mol. The van der Waals surface area contributed by atoms with Crippen LogP contribution in [0.3, 0.4) is 0 Å². The highest BCUT2D eigenvalue weighted by Crippen LogP contribution is 2.52. The maximum atomic E-state index is 14.4. The number of phosphoric ester groups is 1. The minimum atomic E-state index is -4.10. The number of benzene rings is 3. The van der Waals surface area contributed by atoms with Gasteiger partial charge in [-0.05, 0) is 71.0 Å². The average molecular weight is 495 g/mol.